The van der Waals surface area contributed by atoms with E-state index in [0.29, 0.717) is 10.7 Å². The molecule has 1 N–H and O–H groups in total. The summed E-state index contributed by atoms with van der Waals surface area (Å²) in [5.41, 5.74) is 0.673. The van der Waals surface area contributed by atoms with Gasteiger partial charge in [0.1, 0.15) is 0 Å². The van der Waals surface area contributed by atoms with Crippen LogP contribution in [-0.4, -0.2) is 12.5 Å². The Bertz CT molecular complexity index is 293. The number of carboxylic acids is 1. The summed E-state index contributed by atoms with van der Waals surface area (Å²) in [6.07, 6.45) is 0. The molecule has 0 aliphatic carbocycles. The van der Waals surface area contributed by atoms with Gasteiger partial charge in [0, 0.05) is 10.7 Å². The van der Waals surface area contributed by atoms with Crippen LogP contribution in [0.25, 0.3) is 0 Å². The third-order valence-electron chi connectivity index (χ3n) is 1.26. The van der Waals surface area contributed by atoms with Crippen LogP contribution in [0.15, 0.2) is 24.3 Å². The van der Waals surface area contributed by atoms with Gasteiger partial charge in [-0.25, -0.2) is 0 Å². The van der Waals surface area contributed by atoms with Crippen molar-refractivity contribution in [1.29, 1.82) is 0 Å². The molecule has 0 saturated carbocycles. The van der Waals surface area contributed by atoms with E-state index in [0.717, 1.165) is 0 Å². The van der Waals surface area contributed by atoms with Crippen LogP contribution in [0.3, 0.4) is 0 Å². The normalized spacial score (nSPS) is 8.69. The minimum Gasteiger partial charge on any atom is -0.548 e. The first-order chi connectivity index (χ1) is 5.68. The summed E-state index contributed by atoms with van der Waals surface area (Å²) < 4.78 is 0. The smallest absolute Gasteiger partial charge is 0.548 e. The summed E-state index contributed by atoms with van der Waals surface area (Å²) in [6, 6.07) is 6.82. The van der Waals surface area contributed by atoms with Crippen molar-refractivity contribution >= 4 is 23.3 Å². The fraction of sp³-hybridized carbons (Fsp3) is 0.125. The third kappa shape index (κ3) is 5.16. The van der Waals surface area contributed by atoms with E-state index in [9.17, 15) is 9.90 Å². The molecule has 0 fully saturated rings. The van der Waals surface area contributed by atoms with Gasteiger partial charge in [-0.2, -0.15) is 0 Å². The molecule has 64 valence electrons. The van der Waals surface area contributed by atoms with Gasteiger partial charge < -0.3 is 15.2 Å². The molecule has 0 heterocycles. The van der Waals surface area contributed by atoms with Crippen LogP contribution in [0.1, 0.15) is 0 Å². The number of carboxylic acid groups (broad SMARTS) is 1. The van der Waals surface area contributed by atoms with Gasteiger partial charge >= 0.3 is 29.6 Å². The molecule has 0 radical (unpaired) electrons. The minimum atomic E-state index is -1.14. The minimum absolute atomic E-state index is 0. The molecule has 0 aliphatic rings. The Labute approximate surface area is 103 Å². The quantitative estimate of drug-likeness (QED) is 0.558. The van der Waals surface area contributed by atoms with E-state index in [1.165, 1.54) is 0 Å². The van der Waals surface area contributed by atoms with Crippen molar-refractivity contribution in [3.8, 4) is 0 Å². The second kappa shape index (κ2) is 6.27. The number of carbonyl (C=O) groups is 1. The first-order valence-corrected chi connectivity index (χ1v) is 3.75. The summed E-state index contributed by atoms with van der Waals surface area (Å²) in [5.74, 6) is -1.14. The van der Waals surface area contributed by atoms with Crippen LogP contribution in [-0.2, 0) is 4.79 Å². The van der Waals surface area contributed by atoms with Crippen LogP contribution < -0.4 is 40.0 Å². The van der Waals surface area contributed by atoms with Crippen molar-refractivity contribution < 1.29 is 39.5 Å². The van der Waals surface area contributed by atoms with Gasteiger partial charge in [-0.15, -0.1) is 0 Å². The Morgan fingerprint density at radius 1 is 1.54 bits per heavy atom. The van der Waals surface area contributed by atoms with Gasteiger partial charge in [0.2, 0.25) is 0 Å². The fourth-order valence-corrected chi connectivity index (χ4v) is 0.963. The van der Waals surface area contributed by atoms with Crippen LogP contribution in [0.5, 0.6) is 0 Å². The third-order valence-corrected chi connectivity index (χ3v) is 1.50. The number of anilines is 1. The average Bonchev–Trinajstić information content (AvgIpc) is 2.01. The molecule has 5 heteroatoms. The van der Waals surface area contributed by atoms with Gasteiger partial charge in [0.25, 0.3) is 0 Å². The van der Waals surface area contributed by atoms with E-state index < -0.39 is 5.97 Å². The molecular weight excluding hydrogens is 201 g/mol. The molecule has 1 aromatic carbocycles. The van der Waals surface area contributed by atoms with Crippen molar-refractivity contribution in [3.05, 3.63) is 29.3 Å². The summed E-state index contributed by atoms with van der Waals surface area (Å²) in [5, 5.41) is 13.3. The van der Waals surface area contributed by atoms with Crippen LogP contribution in [0, 0.1) is 0 Å². The molecule has 0 unspecified atom stereocenters. The summed E-state index contributed by atoms with van der Waals surface area (Å²) >= 11 is 5.66. The second-order valence-electron chi connectivity index (χ2n) is 2.24. The Morgan fingerprint density at radius 3 is 2.77 bits per heavy atom. The number of carbonyl (C=O) groups excluding carboxylic acids is 1. The molecule has 0 amide bonds. The van der Waals surface area contributed by atoms with Crippen molar-refractivity contribution in [2.24, 2.45) is 0 Å². The molecule has 0 aromatic heterocycles. The van der Waals surface area contributed by atoms with Crippen molar-refractivity contribution in [2.75, 3.05) is 11.9 Å². The van der Waals surface area contributed by atoms with Gasteiger partial charge in [-0.1, -0.05) is 17.7 Å². The zero-order chi connectivity index (χ0) is 8.97. The van der Waals surface area contributed by atoms with E-state index in [2.05, 4.69) is 5.32 Å². The van der Waals surface area contributed by atoms with E-state index in [1.807, 2.05) is 0 Å². The van der Waals surface area contributed by atoms with E-state index >= 15 is 0 Å². The predicted molar refractivity (Wildman–Crippen MR) is 44.9 cm³/mol. The SMILES string of the molecule is O=C([O-])CNc1cccc(Cl)c1.[Na+]. The van der Waals surface area contributed by atoms with Gasteiger partial charge in [-0.05, 0) is 18.2 Å². The van der Waals surface area contributed by atoms with E-state index in [1.54, 1.807) is 24.3 Å². The Kier molecular flexibility index (Phi) is 6.16. The molecule has 0 atom stereocenters. The van der Waals surface area contributed by atoms with Crippen molar-refractivity contribution in [3.63, 3.8) is 0 Å². The van der Waals surface area contributed by atoms with Crippen LogP contribution in [0.2, 0.25) is 5.02 Å². The zero-order valence-corrected chi connectivity index (χ0v) is 9.97. The maximum Gasteiger partial charge on any atom is 1.00 e. The summed E-state index contributed by atoms with van der Waals surface area (Å²) in [6.45, 7) is -0.208. The Morgan fingerprint density at radius 2 is 2.23 bits per heavy atom. The van der Waals surface area contributed by atoms with Crippen LogP contribution >= 0.6 is 11.6 Å². The largest absolute Gasteiger partial charge is 1.00 e. The monoisotopic (exact) mass is 207 g/mol. The number of nitrogens with one attached hydrogen (secondary N) is 1. The molecule has 1 rings (SSSR count). The number of aliphatic carboxylic acids is 1. The maximum absolute atomic E-state index is 10.1. The number of hydrogen-bond acceptors (Lipinski definition) is 3. The van der Waals surface area contributed by atoms with Gasteiger partial charge in [0.15, 0.2) is 0 Å². The molecular formula is C8H7ClNNaO2. The molecule has 13 heavy (non-hydrogen) atoms. The standard InChI is InChI=1S/C8H8ClNO2.Na/c9-6-2-1-3-7(4-6)10-5-8(11)12;/h1-4,10H,5H2,(H,11,12);/q;+1/p-1. The predicted octanol–water partition coefficient (Wildman–Crippen LogP) is -2.49. The Balaban J connectivity index is 0.00000144. The van der Waals surface area contributed by atoms with Gasteiger partial charge in [0.05, 0.1) is 12.5 Å². The molecule has 3 nitrogen and oxygen atoms in total. The molecule has 0 saturated heterocycles. The van der Waals surface area contributed by atoms with E-state index in [-0.39, 0.29) is 36.1 Å². The first-order valence-electron chi connectivity index (χ1n) is 3.38. The van der Waals surface area contributed by atoms with E-state index in [4.69, 9.17) is 11.6 Å². The molecule has 0 spiro atoms. The Hall–Kier alpha value is -0.220. The zero-order valence-electron chi connectivity index (χ0n) is 7.21. The molecule has 1 aromatic rings. The molecule has 0 bridgehead atoms. The van der Waals surface area contributed by atoms with Crippen molar-refractivity contribution in [2.45, 2.75) is 0 Å². The topological polar surface area (TPSA) is 52.2 Å². The maximum atomic E-state index is 10.1. The number of rotatable bonds is 3. The number of hydrogen-bond donors (Lipinski definition) is 1. The van der Waals surface area contributed by atoms with Crippen molar-refractivity contribution in [1.82, 2.24) is 0 Å². The first kappa shape index (κ1) is 12.8. The number of benzene rings is 1. The van der Waals surface area contributed by atoms with Gasteiger partial charge in [-0.3, -0.25) is 0 Å². The molecule has 0 aliphatic heterocycles. The summed E-state index contributed by atoms with van der Waals surface area (Å²) in [7, 11) is 0. The summed E-state index contributed by atoms with van der Waals surface area (Å²) in [4.78, 5) is 10.1. The fourth-order valence-electron chi connectivity index (χ4n) is 0.773. The number of halogens is 1. The second-order valence-corrected chi connectivity index (χ2v) is 2.67. The van der Waals surface area contributed by atoms with Crippen LogP contribution in [0.4, 0.5) is 5.69 Å². The average molecular weight is 208 g/mol.